The van der Waals surface area contributed by atoms with Crippen LogP contribution in [0.4, 0.5) is 18.9 Å². The number of anilines is 1. The van der Waals surface area contributed by atoms with E-state index in [1.165, 1.54) is 17.4 Å². The van der Waals surface area contributed by atoms with Crippen molar-refractivity contribution in [3.8, 4) is 0 Å². The number of nitrogens with two attached hydrogens (primary N) is 1. The van der Waals surface area contributed by atoms with Crippen LogP contribution in [0, 0.1) is 0 Å². The summed E-state index contributed by atoms with van der Waals surface area (Å²) in [6, 6.07) is 6.85. The lowest BCUT2D eigenvalue weighted by molar-refractivity contribution is -0.137. The number of hydrogen-bond donors (Lipinski definition) is 3. The summed E-state index contributed by atoms with van der Waals surface area (Å²) >= 11 is 1.45. The fourth-order valence-electron chi connectivity index (χ4n) is 1.73. The average molecular weight is 315 g/mol. The van der Waals surface area contributed by atoms with Crippen molar-refractivity contribution in [1.82, 2.24) is 5.32 Å². The lowest BCUT2D eigenvalue weighted by Gasteiger charge is -2.13. The molecule has 0 atom stereocenters. The Balaban J connectivity index is 2.17. The lowest BCUT2D eigenvalue weighted by atomic mass is 10.1. The molecule has 0 aliphatic carbocycles. The summed E-state index contributed by atoms with van der Waals surface area (Å²) in [5.74, 6) is 4.48. The molecule has 0 fully saturated rings. The normalized spacial score (nSPS) is 11.2. The van der Waals surface area contributed by atoms with E-state index in [9.17, 15) is 18.0 Å². The van der Waals surface area contributed by atoms with Crippen LogP contribution in [0.2, 0.25) is 0 Å². The number of hydrazine groups is 1. The van der Waals surface area contributed by atoms with Gasteiger partial charge in [0.25, 0.3) is 5.91 Å². The minimum absolute atomic E-state index is 0.0714. The molecule has 112 valence electrons. The number of thiophene rings is 1. The Labute approximate surface area is 122 Å². The molecule has 1 heterocycles. The van der Waals surface area contributed by atoms with E-state index >= 15 is 0 Å². The maximum Gasteiger partial charge on any atom is 0.418 e. The van der Waals surface area contributed by atoms with Crippen molar-refractivity contribution in [2.45, 2.75) is 12.7 Å². The molecule has 4 N–H and O–H groups in total. The van der Waals surface area contributed by atoms with Gasteiger partial charge in [0.05, 0.1) is 17.8 Å². The molecule has 0 saturated heterocycles. The van der Waals surface area contributed by atoms with Gasteiger partial charge < -0.3 is 10.7 Å². The zero-order valence-corrected chi connectivity index (χ0v) is 11.5. The van der Waals surface area contributed by atoms with Crippen LogP contribution in [0.25, 0.3) is 0 Å². The van der Waals surface area contributed by atoms with Gasteiger partial charge in [0.15, 0.2) is 0 Å². The monoisotopic (exact) mass is 315 g/mol. The molecule has 0 saturated carbocycles. The summed E-state index contributed by atoms with van der Waals surface area (Å²) in [6.07, 6.45) is -4.59. The predicted molar refractivity (Wildman–Crippen MR) is 74.7 cm³/mol. The van der Waals surface area contributed by atoms with Crippen LogP contribution in [0.15, 0.2) is 35.7 Å². The van der Waals surface area contributed by atoms with Crippen LogP contribution in [-0.2, 0) is 12.7 Å². The third-order valence-electron chi connectivity index (χ3n) is 2.75. The van der Waals surface area contributed by atoms with E-state index in [-0.39, 0.29) is 17.8 Å². The van der Waals surface area contributed by atoms with Crippen molar-refractivity contribution in [3.05, 3.63) is 51.7 Å². The van der Waals surface area contributed by atoms with E-state index in [0.717, 1.165) is 17.0 Å². The SMILES string of the molecule is NNc1ccc(C(=O)NCc2cccs2)cc1C(F)(F)F. The molecule has 0 radical (unpaired) electrons. The highest BCUT2D eigenvalue weighted by molar-refractivity contribution is 7.09. The number of carbonyl (C=O) groups excluding carboxylic acids is 1. The van der Waals surface area contributed by atoms with Gasteiger partial charge >= 0.3 is 6.18 Å². The van der Waals surface area contributed by atoms with E-state index in [0.29, 0.717) is 0 Å². The van der Waals surface area contributed by atoms with Gasteiger partial charge in [-0.05, 0) is 29.6 Å². The molecule has 0 spiro atoms. The van der Waals surface area contributed by atoms with Crippen molar-refractivity contribution >= 4 is 22.9 Å². The Bertz CT molecular complexity index is 626. The number of rotatable bonds is 4. The number of nitrogen functional groups attached to an aromatic ring is 1. The van der Waals surface area contributed by atoms with Crippen LogP contribution in [0.5, 0.6) is 0 Å². The van der Waals surface area contributed by atoms with Gasteiger partial charge in [-0.15, -0.1) is 11.3 Å². The number of carbonyl (C=O) groups is 1. The highest BCUT2D eigenvalue weighted by atomic mass is 32.1. The first-order valence-electron chi connectivity index (χ1n) is 5.90. The zero-order chi connectivity index (χ0) is 15.5. The van der Waals surface area contributed by atoms with Crippen LogP contribution in [0.1, 0.15) is 20.8 Å². The number of alkyl halides is 3. The van der Waals surface area contributed by atoms with Crippen LogP contribution in [0.3, 0.4) is 0 Å². The van der Waals surface area contributed by atoms with Gasteiger partial charge in [-0.3, -0.25) is 10.6 Å². The smallest absolute Gasteiger partial charge is 0.347 e. The summed E-state index contributed by atoms with van der Waals surface area (Å²) in [6.45, 7) is 0.273. The van der Waals surface area contributed by atoms with Gasteiger partial charge in [-0.2, -0.15) is 13.2 Å². The van der Waals surface area contributed by atoms with Gasteiger partial charge in [-0.1, -0.05) is 6.07 Å². The second kappa shape index (κ2) is 6.15. The molecular formula is C13H12F3N3OS. The van der Waals surface area contributed by atoms with Crippen molar-refractivity contribution in [2.24, 2.45) is 5.84 Å². The highest BCUT2D eigenvalue weighted by Crippen LogP contribution is 2.35. The standard InChI is InChI=1S/C13H12F3N3OS/c14-13(15,16)10-6-8(3-4-11(10)19-17)12(20)18-7-9-2-1-5-21-9/h1-6,19H,7,17H2,(H,18,20). The molecular weight excluding hydrogens is 303 g/mol. The molecule has 1 aromatic carbocycles. The maximum atomic E-state index is 12.9. The van der Waals surface area contributed by atoms with Gasteiger partial charge in [0, 0.05) is 10.4 Å². The number of amides is 1. The van der Waals surface area contributed by atoms with E-state index in [1.807, 2.05) is 22.9 Å². The Morgan fingerprint density at radius 2 is 2.05 bits per heavy atom. The van der Waals surface area contributed by atoms with Crippen LogP contribution in [-0.4, -0.2) is 5.91 Å². The molecule has 1 aromatic heterocycles. The highest BCUT2D eigenvalue weighted by Gasteiger charge is 2.34. The minimum atomic E-state index is -4.59. The minimum Gasteiger partial charge on any atom is -0.347 e. The number of nitrogens with one attached hydrogen (secondary N) is 2. The van der Waals surface area contributed by atoms with Crippen molar-refractivity contribution in [2.75, 3.05) is 5.43 Å². The molecule has 2 aromatic rings. The third kappa shape index (κ3) is 3.73. The molecule has 21 heavy (non-hydrogen) atoms. The molecule has 0 unspecified atom stereocenters. The Morgan fingerprint density at radius 3 is 2.62 bits per heavy atom. The lowest BCUT2D eigenvalue weighted by Crippen LogP contribution is -2.23. The molecule has 4 nitrogen and oxygen atoms in total. The van der Waals surface area contributed by atoms with Gasteiger partial charge in [-0.25, -0.2) is 0 Å². The maximum absolute atomic E-state index is 12.9. The first-order valence-corrected chi connectivity index (χ1v) is 6.78. The first kappa shape index (κ1) is 15.3. The Hall–Kier alpha value is -2.06. The van der Waals surface area contributed by atoms with E-state index < -0.39 is 17.6 Å². The topological polar surface area (TPSA) is 67.1 Å². The summed E-state index contributed by atoms with van der Waals surface area (Å²) in [5.41, 5.74) is 0.643. The van der Waals surface area contributed by atoms with E-state index in [4.69, 9.17) is 5.84 Å². The molecule has 0 aliphatic heterocycles. The van der Waals surface area contributed by atoms with Crippen molar-refractivity contribution in [1.29, 1.82) is 0 Å². The summed E-state index contributed by atoms with van der Waals surface area (Å²) in [7, 11) is 0. The summed E-state index contributed by atoms with van der Waals surface area (Å²) in [5, 5.41) is 4.42. The fraction of sp³-hybridized carbons (Fsp3) is 0.154. The Kier molecular flexibility index (Phi) is 4.49. The van der Waals surface area contributed by atoms with Crippen molar-refractivity contribution < 1.29 is 18.0 Å². The fourth-order valence-corrected chi connectivity index (χ4v) is 2.37. The van der Waals surface area contributed by atoms with Crippen LogP contribution < -0.4 is 16.6 Å². The van der Waals surface area contributed by atoms with Crippen LogP contribution >= 0.6 is 11.3 Å². The summed E-state index contributed by atoms with van der Waals surface area (Å²) in [4.78, 5) is 12.8. The average Bonchev–Trinajstić information content (AvgIpc) is 2.96. The zero-order valence-electron chi connectivity index (χ0n) is 10.7. The quantitative estimate of drug-likeness (QED) is 0.600. The molecule has 2 rings (SSSR count). The number of hydrogen-bond acceptors (Lipinski definition) is 4. The molecule has 1 amide bonds. The van der Waals surface area contributed by atoms with E-state index in [2.05, 4.69) is 5.32 Å². The van der Waals surface area contributed by atoms with Gasteiger partial charge in [0.1, 0.15) is 0 Å². The number of benzene rings is 1. The molecule has 8 heteroatoms. The number of halogens is 3. The second-order valence-corrected chi connectivity index (χ2v) is 5.20. The largest absolute Gasteiger partial charge is 0.418 e. The molecule has 0 aliphatic rings. The summed E-state index contributed by atoms with van der Waals surface area (Å²) < 4.78 is 38.6. The van der Waals surface area contributed by atoms with Gasteiger partial charge in [0.2, 0.25) is 0 Å². The predicted octanol–water partition coefficient (Wildman–Crippen LogP) is 2.98. The second-order valence-electron chi connectivity index (χ2n) is 4.16. The molecule has 0 bridgehead atoms. The Morgan fingerprint density at radius 1 is 1.29 bits per heavy atom. The van der Waals surface area contributed by atoms with Crippen molar-refractivity contribution in [3.63, 3.8) is 0 Å². The first-order chi connectivity index (χ1) is 9.91. The third-order valence-corrected chi connectivity index (χ3v) is 3.62. The van der Waals surface area contributed by atoms with E-state index in [1.54, 1.807) is 0 Å².